The summed E-state index contributed by atoms with van der Waals surface area (Å²) in [5.41, 5.74) is 3.21. The molecule has 1 aromatic heterocycles. The summed E-state index contributed by atoms with van der Waals surface area (Å²) < 4.78 is 12.1. The predicted molar refractivity (Wildman–Crippen MR) is 114 cm³/mol. The number of anilines is 1. The van der Waals surface area contributed by atoms with E-state index in [1.54, 1.807) is 12.1 Å². The molecular weight excluding hydrogens is 420 g/mol. The molecule has 28 heavy (non-hydrogen) atoms. The average molecular weight is 441 g/mol. The molecule has 0 amide bonds. The zero-order chi connectivity index (χ0) is 19.7. The number of halogens is 1. The first-order valence-corrected chi connectivity index (χ1v) is 10.0. The van der Waals surface area contributed by atoms with Crippen molar-refractivity contribution in [3.05, 3.63) is 53.0 Å². The van der Waals surface area contributed by atoms with Crippen molar-refractivity contribution in [2.75, 3.05) is 12.1 Å². The number of benzene rings is 2. The molecule has 0 fully saturated rings. The Bertz CT molecular complexity index is 1020. The first-order valence-electron chi connectivity index (χ1n) is 9.21. The van der Waals surface area contributed by atoms with Crippen LogP contribution in [-0.2, 0) is 0 Å². The maximum atomic E-state index is 10.4. The van der Waals surface area contributed by atoms with Crippen LogP contribution in [0.2, 0.25) is 0 Å². The number of pyridine rings is 1. The largest absolute Gasteiger partial charge is 0.507 e. The van der Waals surface area contributed by atoms with Gasteiger partial charge in [-0.15, -0.1) is 0 Å². The Morgan fingerprint density at radius 1 is 1.14 bits per heavy atom. The number of nitrogens with one attached hydrogen (secondary N) is 1. The van der Waals surface area contributed by atoms with E-state index >= 15 is 0 Å². The van der Waals surface area contributed by atoms with Crippen molar-refractivity contribution in [2.45, 2.75) is 26.3 Å². The number of hydrogen-bond donors (Lipinski definition) is 2. The molecule has 0 bridgehead atoms. The van der Waals surface area contributed by atoms with Crippen molar-refractivity contribution in [1.82, 2.24) is 4.98 Å². The molecule has 0 saturated heterocycles. The minimum atomic E-state index is 0.181. The fourth-order valence-corrected chi connectivity index (χ4v) is 3.48. The quantitative estimate of drug-likeness (QED) is 0.522. The zero-order valence-corrected chi connectivity index (χ0v) is 17.3. The van der Waals surface area contributed by atoms with Crippen LogP contribution in [0.3, 0.4) is 0 Å². The van der Waals surface area contributed by atoms with Crippen molar-refractivity contribution in [2.24, 2.45) is 0 Å². The normalized spacial score (nSPS) is 13.4. The highest BCUT2D eigenvalue weighted by molar-refractivity contribution is 9.10. The second-order valence-corrected chi connectivity index (χ2v) is 7.70. The molecule has 144 valence electrons. The summed E-state index contributed by atoms with van der Waals surface area (Å²) >= 11 is 3.48. The number of fused-ring (bicyclic) bond motifs is 1. The lowest BCUT2D eigenvalue weighted by Crippen LogP contribution is -2.14. The van der Waals surface area contributed by atoms with Crippen LogP contribution in [0.15, 0.2) is 53.0 Å². The Balaban J connectivity index is 1.88. The summed E-state index contributed by atoms with van der Waals surface area (Å²) in [5, 5.41) is 13.8. The van der Waals surface area contributed by atoms with E-state index in [0.717, 1.165) is 39.3 Å². The van der Waals surface area contributed by atoms with E-state index in [-0.39, 0.29) is 18.6 Å². The van der Waals surface area contributed by atoms with Crippen molar-refractivity contribution in [1.29, 1.82) is 0 Å². The molecule has 0 radical (unpaired) electrons. The van der Waals surface area contributed by atoms with Crippen LogP contribution in [0.1, 0.15) is 20.3 Å². The van der Waals surface area contributed by atoms with Crippen LogP contribution in [0.4, 0.5) is 5.82 Å². The Morgan fingerprint density at radius 2 is 2.00 bits per heavy atom. The van der Waals surface area contributed by atoms with E-state index in [1.807, 2.05) is 36.4 Å². The van der Waals surface area contributed by atoms with Crippen molar-refractivity contribution in [3.8, 4) is 39.6 Å². The summed E-state index contributed by atoms with van der Waals surface area (Å²) in [6.07, 6.45) is 0.973. The van der Waals surface area contributed by atoms with Crippen LogP contribution in [0.5, 0.6) is 17.2 Å². The maximum Gasteiger partial charge on any atom is 0.231 e. The van der Waals surface area contributed by atoms with Crippen molar-refractivity contribution >= 4 is 21.7 Å². The lowest BCUT2D eigenvalue weighted by atomic mass is 10.0. The van der Waals surface area contributed by atoms with E-state index < -0.39 is 0 Å². The first-order chi connectivity index (χ1) is 13.5. The molecule has 2 aromatic carbocycles. The van der Waals surface area contributed by atoms with E-state index in [2.05, 4.69) is 35.1 Å². The molecule has 0 aliphatic carbocycles. The highest BCUT2D eigenvalue weighted by Gasteiger charge is 2.20. The fourth-order valence-electron chi connectivity index (χ4n) is 3.12. The van der Waals surface area contributed by atoms with Gasteiger partial charge in [-0.1, -0.05) is 35.0 Å². The molecule has 1 unspecified atom stereocenters. The summed E-state index contributed by atoms with van der Waals surface area (Å²) in [6.45, 7) is 4.45. The lowest BCUT2D eigenvalue weighted by molar-refractivity contribution is 0.174. The van der Waals surface area contributed by atoms with Gasteiger partial charge in [0, 0.05) is 21.6 Å². The van der Waals surface area contributed by atoms with Gasteiger partial charge in [-0.05, 0) is 55.3 Å². The molecule has 1 aliphatic rings. The SMILES string of the molecule is CCC(C)Nc1cc(-c2cccc3c2OCO3)cc(-c2cc(Br)ccc2O)n1. The predicted octanol–water partition coefficient (Wildman–Crippen LogP) is 5.82. The van der Waals surface area contributed by atoms with Gasteiger partial charge < -0.3 is 19.9 Å². The summed E-state index contributed by atoms with van der Waals surface area (Å²) in [5.74, 6) is 2.39. The molecule has 0 saturated carbocycles. The molecule has 3 aromatic rings. The molecular formula is C22H21BrN2O3. The van der Waals surface area contributed by atoms with E-state index in [4.69, 9.17) is 14.5 Å². The number of nitrogens with zero attached hydrogens (tertiary/aromatic N) is 1. The topological polar surface area (TPSA) is 63.6 Å². The van der Waals surface area contributed by atoms with Gasteiger partial charge in [-0.3, -0.25) is 0 Å². The van der Waals surface area contributed by atoms with Gasteiger partial charge in [0.1, 0.15) is 11.6 Å². The van der Waals surface area contributed by atoms with Gasteiger partial charge in [0.25, 0.3) is 0 Å². The Hall–Kier alpha value is -2.73. The molecule has 1 atom stereocenters. The molecule has 0 spiro atoms. The van der Waals surface area contributed by atoms with Gasteiger partial charge in [0.15, 0.2) is 11.5 Å². The lowest BCUT2D eigenvalue weighted by Gasteiger charge is -2.16. The number of rotatable bonds is 5. The molecule has 2 heterocycles. The van der Waals surface area contributed by atoms with Gasteiger partial charge in [0.05, 0.1) is 5.69 Å². The Morgan fingerprint density at radius 3 is 2.82 bits per heavy atom. The molecule has 4 rings (SSSR count). The van der Waals surface area contributed by atoms with E-state index in [9.17, 15) is 5.11 Å². The van der Waals surface area contributed by atoms with Crippen LogP contribution in [-0.4, -0.2) is 22.9 Å². The number of phenols is 1. The van der Waals surface area contributed by atoms with E-state index in [1.165, 1.54) is 0 Å². The fraction of sp³-hybridized carbons (Fsp3) is 0.227. The summed E-state index contributed by atoms with van der Waals surface area (Å²) in [4.78, 5) is 4.75. The first kappa shape index (κ1) is 18.6. The minimum absolute atomic E-state index is 0.181. The third-order valence-electron chi connectivity index (χ3n) is 4.77. The number of para-hydroxylation sites is 1. The minimum Gasteiger partial charge on any atom is -0.507 e. The molecule has 5 nitrogen and oxygen atoms in total. The number of ether oxygens (including phenoxy) is 2. The standard InChI is InChI=1S/C22H21BrN2O3/c1-3-13(2)24-21-10-14(16-5-4-6-20-22(16)28-12-27-20)9-18(25-21)17-11-15(23)7-8-19(17)26/h4-11,13,26H,3,12H2,1-2H3,(H,24,25). The molecule has 2 N–H and O–H groups in total. The Labute approximate surface area is 172 Å². The average Bonchev–Trinajstić information content (AvgIpc) is 3.18. The van der Waals surface area contributed by atoms with Gasteiger partial charge in [-0.2, -0.15) is 0 Å². The highest BCUT2D eigenvalue weighted by Crippen LogP contribution is 2.43. The number of phenolic OH excluding ortho intramolecular Hbond substituents is 1. The number of hydrogen-bond acceptors (Lipinski definition) is 5. The van der Waals surface area contributed by atoms with Crippen LogP contribution < -0.4 is 14.8 Å². The maximum absolute atomic E-state index is 10.4. The van der Waals surface area contributed by atoms with Crippen LogP contribution in [0, 0.1) is 0 Å². The summed E-state index contributed by atoms with van der Waals surface area (Å²) in [6, 6.07) is 15.4. The molecule has 1 aliphatic heterocycles. The number of aromatic nitrogens is 1. The van der Waals surface area contributed by atoms with Gasteiger partial charge in [-0.25, -0.2) is 4.98 Å². The van der Waals surface area contributed by atoms with Gasteiger partial charge >= 0.3 is 0 Å². The number of aromatic hydroxyl groups is 1. The van der Waals surface area contributed by atoms with Crippen LogP contribution in [0.25, 0.3) is 22.4 Å². The van der Waals surface area contributed by atoms with Crippen LogP contribution >= 0.6 is 15.9 Å². The van der Waals surface area contributed by atoms with Crippen molar-refractivity contribution in [3.63, 3.8) is 0 Å². The second-order valence-electron chi connectivity index (χ2n) is 6.78. The highest BCUT2D eigenvalue weighted by atomic mass is 79.9. The third-order valence-corrected chi connectivity index (χ3v) is 5.27. The zero-order valence-electron chi connectivity index (χ0n) is 15.7. The second kappa shape index (κ2) is 7.72. The Kier molecular flexibility index (Phi) is 5.13. The smallest absolute Gasteiger partial charge is 0.231 e. The third kappa shape index (κ3) is 3.64. The van der Waals surface area contributed by atoms with Gasteiger partial charge in [0.2, 0.25) is 6.79 Å². The monoisotopic (exact) mass is 440 g/mol. The van der Waals surface area contributed by atoms with E-state index in [0.29, 0.717) is 11.3 Å². The van der Waals surface area contributed by atoms with Crippen molar-refractivity contribution < 1.29 is 14.6 Å². The summed E-state index contributed by atoms with van der Waals surface area (Å²) in [7, 11) is 0. The molecule has 6 heteroatoms.